The third-order valence-corrected chi connectivity index (χ3v) is 7.44. The molecule has 5 N–H and O–H groups in total. The highest BCUT2D eigenvalue weighted by molar-refractivity contribution is 8.02. The molecule has 2 amide bonds. The van der Waals surface area contributed by atoms with Gasteiger partial charge in [-0.3, -0.25) is 19.5 Å². The van der Waals surface area contributed by atoms with E-state index >= 15 is 0 Å². The van der Waals surface area contributed by atoms with Gasteiger partial charge in [0.15, 0.2) is 5.13 Å². The number of carboxylic acids is 2. The number of fused-ring (bicyclic) bond motifs is 1. The molecule has 192 valence electrons. The number of hydrogen-bond donors (Lipinski definition) is 4. The number of β-lactam (4-membered cyclic amide) rings is 1. The number of allylic oxidation sites excluding steroid dienone is 1. The minimum absolute atomic E-state index is 0.0287. The van der Waals surface area contributed by atoms with Crippen LogP contribution in [-0.2, 0) is 24.0 Å². The van der Waals surface area contributed by atoms with Crippen LogP contribution in [0.25, 0.3) is 0 Å². The van der Waals surface area contributed by atoms with Crippen LogP contribution < -0.4 is 11.1 Å². The van der Waals surface area contributed by atoms with Crippen molar-refractivity contribution in [1.29, 1.82) is 0 Å². The van der Waals surface area contributed by atoms with Crippen LogP contribution in [0.5, 0.6) is 0 Å². The van der Waals surface area contributed by atoms with Crippen molar-refractivity contribution in [1.82, 2.24) is 24.6 Å². The summed E-state index contributed by atoms with van der Waals surface area (Å²) in [5, 5.41) is 25.6. The van der Waals surface area contributed by atoms with Gasteiger partial charge >= 0.3 is 11.9 Å². The summed E-state index contributed by atoms with van der Waals surface area (Å²) >= 11 is 3.40. The molecule has 0 saturated carbocycles. The Morgan fingerprint density at radius 3 is 2.84 bits per heavy atom. The number of nitrogens with one attached hydrogen (secondary N) is 1. The van der Waals surface area contributed by atoms with Gasteiger partial charge in [-0.25, -0.2) is 9.59 Å². The minimum Gasteiger partial charge on any atom is -0.479 e. The lowest BCUT2D eigenvalue weighted by atomic mass is 10.0. The molecule has 2 aliphatic heterocycles. The number of aliphatic carboxylic acids is 2. The Kier molecular flexibility index (Phi) is 8.04. The molecule has 0 aliphatic carbocycles. The first-order valence-corrected chi connectivity index (χ1v) is 12.9. The number of carboxylic acid groups (broad SMARTS) is 2. The smallest absolute Gasteiger partial charge is 0.352 e. The second kappa shape index (κ2) is 11.4. The summed E-state index contributed by atoms with van der Waals surface area (Å²) in [6.45, 7) is -0.826. The summed E-state index contributed by atoms with van der Waals surface area (Å²) in [5.74, 6) is -4.09. The summed E-state index contributed by atoms with van der Waals surface area (Å²) in [4.78, 5) is 63.0. The van der Waals surface area contributed by atoms with Gasteiger partial charge < -0.3 is 26.1 Å². The van der Waals surface area contributed by atoms with Crippen LogP contribution in [-0.4, -0.2) is 82.7 Å². The number of amides is 2. The van der Waals surface area contributed by atoms with Crippen molar-refractivity contribution in [2.75, 3.05) is 18.1 Å². The molecule has 1 saturated heterocycles. The largest absolute Gasteiger partial charge is 0.479 e. The fraction of sp³-hybridized carbons (Fsp3) is 0.200. The molecule has 1 unspecified atom stereocenters. The summed E-state index contributed by atoms with van der Waals surface area (Å²) in [7, 11) is 0. The number of carbonyl (C=O) groups is 4. The number of hydrogen-bond acceptors (Lipinski definition) is 13. The number of pyridine rings is 1. The van der Waals surface area contributed by atoms with Gasteiger partial charge in [-0.2, -0.15) is 9.36 Å². The second-order valence-corrected chi connectivity index (χ2v) is 10.1. The van der Waals surface area contributed by atoms with E-state index < -0.39 is 47.5 Å². The van der Waals surface area contributed by atoms with Crippen LogP contribution in [0.1, 0.15) is 5.82 Å². The highest BCUT2D eigenvalue weighted by atomic mass is 32.2. The van der Waals surface area contributed by atoms with Crippen molar-refractivity contribution in [3.8, 4) is 0 Å². The first kappa shape index (κ1) is 26.1. The van der Waals surface area contributed by atoms with Gasteiger partial charge in [0.2, 0.25) is 18.1 Å². The lowest BCUT2D eigenvalue weighted by Gasteiger charge is -2.49. The standard InChI is InChI=1S/C20H17N7O7S3/c21-20-24-15(26-37-20)12(25-34-7-11(28)29)16(30)23-13-17(31)27-14(19(32)33)9(8-36-18(13)27)3-5-35-10-2-1-4-22-6-10/h1-6,13,18H,7-8H2,(H,23,30)(H,28,29)(H,32,33)(H2,21,24,26)/b5-3+,25-12-/t13?,18-/m1/s1. The topological polar surface area (TPSA) is 210 Å². The molecule has 0 radical (unpaired) electrons. The Morgan fingerprint density at radius 1 is 1.38 bits per heavy atom. The Hall–Kier alpha value is -3.96. The van der Waals surface area contributed by atoms with Crippen LogP contribution in [0.4, 0.5) is 5.13 Å². The average molecular weight is 564 g/mol. The molecule has 0 aromatic carbocycles. The zero-order valence-corrected chi connectivity index (χ0v) is 21.0. The van der Waals surface area contributed by atoms with Gasteiger partial charge in [-0.05, 0) is 29.2 Å². The predicted octanol–water partition coefficient (Wildman–Crippen LogP) is 0.365. The number of aromatic nitrogens is 3. The summed E-state index contributed by atoms with van der Waals surface area (Å²) in [6.07, 6.45) is 4.94. The molecule has 2 atom stereocenters. The van der Waals surface area contributed by atoms with E-state index in [1.165, 1.54) is 23.5 Å². The van der Waals surface area contributed by atoms with Gasteiger partial charge in [0, 0.05) is 34.6 Å². The zero-order valence-electron chi connectivity index (χ0n) is 18.5. The van der Waals surface area contributed by atoms with E-state index in [-0.39, 0.29) is 22.4 Å². The van der Waals surface area contributed by atoms with E-state index in [2.05, 4.69) is 29.7 Å². The SMILES string of the molecule is Nc1nc(/C(=N/OCC(=O)O)C(=O)NC2C(=O)N3C(C(=O)O)=C(/C=C/Sc4cccnc4)CS[C@H]23)ns1. The van der Waals surface area contributed by atoms with E-state index in [0.717, 1.165) is 21.3 Å². The Labute approximate surface area is 220 Å². The molecule has 2 aromatic rings. The number of oxime groups is 1. The number of thioether (sulfide) groups is 2. The molecule has 37 heavy (non-hydrogen) atoms. The molecule has 4 heterocycles. The Bertz CT molecular complexity index is 1330. The van der Waals surface area contributed by atoms with Crippen LogP contribution >= 0.6 is 35.1 Å². The lowest BCUT2D eigenvalue weighted by molar-refractivity contribution is -0.150. The van der Waals surface area contributed by atoms with Crippen LogP contribution in [0.2, 0.25) is 0 Å². The summed E-state index contributed by atoms with van der Waals surface area (Å²) < 4.78 is 3.87. The molecule has 0 spiro atoms. The molecule has 17 heteroatoms. The highest BCUT2D eigenvalue weighted by Crippen LogP contribution is 2.41. The monoisotopic (exact) mass is 563 g/mol. The average Bonchev–Trinajstić information content (AvgIpc) is 3.30. The summed E-state index contributed by atoms with van der Waals surface area (Å²) in [5.41, 5.74) is 5.34. The fourth-order valence-corrected chi connectivity index (χ4v) is 5.68. The first-order chi connectivity index (χ1) is 17.8. The van der Waals surface area contributed by atoms with Gasteiger partial charge in [-0.15, -0.1) is 11.8 Å². The van der Waals surface area contributed by atoms with Crippen LogP contribution in [0, 0.1) is 0 Å². The van der Waals surface area contributed by atoms with E-state index in [4.69, 9.17) is 10.8 Å². The fourth-order valence-electron chi connectivity index (χ4n) is 3.26. The molecule has 4 rings (SSSR count). The molecular weight excluding hydrogens is 546 g/mol. The lowest BCUT2D eigenvalue weighted by Crippen LogP contribution is -2.71. The van der Waals surface area contributed by atoms with E-state index in [1.54, 1.807) is 29.9 Å². The molecule has 1 fully saturated rings. The molecular formula is C20H17N7O7S3. The van der Waals surface area contributed by atoms with Gasteiger partial charge in [0.1, 0.15) is 17.1 Å². The van der Waals surface area contributed by atoms with Crippen molar-refractivity contribution in [2.45, 2.75) is 16.3 Å². The highest BCUT2D eigenvalue weighted by Gasteiger charge is 2.54. The number of anilines is 1. The van der Waals surface area contributed by atoms with E-state index in [1.807, 2.05) is 6.07 Å². The maximum atomic E-state index is 12.9. The van der Waals surface area contributed by atoms with Crippen molar-refractivity contribution < 1.29 is 34.2 Å². The van der Waals surface area contributed by atoms with Crippen molar-refractivity contribution >= 4 is 69.7 Å². The van der Waals surface area contributed by atoms with Crippen LogP contribution in [0.15, 0.2) is 57.3 Å². The summed E-state index contributed by atoms with van der Waals surface area (Å²) in [6, 6.07) is 2.56. The van der Waals surface area contributed by atoms with Gasteiger partial charge in [-0.1, -0.05) is 16.9 Å². The number of carbonyl (C=O) groups excluding carboxylic acids is 2. The number of nitrogens with zero attached hydrogens (tertiary/aromatic N) is 5. The maximum absolute atomic E-state index is 12.9. The predicted molar refractivity (Wildman–Crippen MR) is 133 cm³/mol. The Balaban J connectivity index is 1.49. The number of nitrogens with two attached hydrogens (primary N) is 1. The molecule has 0 bridgehead atoms. The Morgan fingerprint density at radius 2 is 2.19 bits per heavy atom. The van der Waals surface area contributed by atoms with E-state index in [0.29, 0.717) is 5.57 Å². The van der Waals surface area contributed by atoms with Crippen LogP contribution in [0.3, 0.4) is 0 Å². The van der Waals surface area contributed by atoms with Crippen molar-refractivity contribution in [2.24, 2.45) is 5.16 Å². The van der Waals surface area contributed by atoms with E-state index in [9.17, 15) is 24.3 Å². The number of nitrogen functional groups attached to an aromatic ring is 1. The zero-order chi connectivity index (χ0) is 26.5. The third-order valence-electron chi connectivity index (χ3n) is 4.81. The molecule has 2 aliphatic rings. The molecule has 2 aromatic heterocycles. The quantitative estimate of drug-likeness (QED) is 0.133. The third kappa shape index (κ3) is 5.89. The minimum atomic E-state index is -1.32. The van der Waals surface area contributed by atoms with Gasteiger partial charge in [0.25, 0.3) is 11.8 Å². The number of rotatable bonds is 10. The normalized spacial score (nSPS) is 19.4. The van der Waals surface area contributed by atoms with Crippen molar-refractivity contribution in [3.63, 3.8) is 0 Å². The second-order valence-electron chi connectivity index (χ2n) is 7.21. The van der Waals surface area contributed by atoms with Gasteiger partial charge in [0.05, 0.1) is 0 Å². The first-order valence-electron chi connectivity index (χ1n) is 10.2. The maximum Gasteiger partial charge on any atom is 0.352 e. The van der Waals surface area contributed by atoms with Crippen molar-refractivity contribution in [3.05, 3.63) is 53.1 Å². The molecule has 14 nitrogen and oxygen atoms in total.